The normalized spacial score (nSPS) is 14.4. The van der Waals surface area contributed by atoms with Crippen LogP contribution in [0.1, 0.15) is 0 Å². The van der Waals surface area contributed by atoms with Crippen molar-refractivity contribution < 1.29 is 22.7 Å². The number of sulfonamides is 1. The van der Waals surface area contributed by atoms with Crippen LogP contribution in [0.3, 0.4) is 0 Å². The first kappa shape index (κ1) is 26.2. The fourth-order valence-electron chi connectivity index (χ4n) is 3.44. The fraction of sp³-hybridized carbons (Fsp3) is 0.154. The Bertz CT molecular complexity index is 1430. The second kappa shape index (κ2) is 11.9. The van der Waals surface area contributed by atoms with Crippen molar-refractivity contribution in [3.05, 3.63) is 89.6 Å². The van der Waals surface area contributed by atoms with Crippen LogP contribution in [0.2, 0.25) is 5.02 Å². The predicted octanol–water partition coefficient (Wildman–Crippen LogP) is 4.61. The average molecular weight is 539 g/mol. The number of nitrogens with one attached hydrogen (secondary N) is 2. The largest absolute Gasteiger partial charge is 0.457 e. The number of nitrogens with zero attached hydrogens (tertiary/aromatic N) is 2. The van der Waals surface area contributed by atoms with E-state index in [-0.39, 0.29) is 34.3 Å². The Kier molecular flexibility index (Phi) is 8.43. The Morgan fingerprint density at radius 3 is 2.38 bits per heavy atom. The van der Waals surface area contributed by atoms with E-state index in [0.29, 0.717) is 30.4 Å². The summed E-state index contributed by atoms with van der Waals surface area (Å²) in [6.45, 7) is 1.16. The molecule has 190 valence electrons. The number of amides is 1. The van der Waals surface area contributed by atoms with Gasteiger partial charge in [0.05, 0.1) is 28.8 Å². The molecule has 0 saturated carbocycles. The molecule has 0 spiro atoms. The number of carbonyl (C=O) groups excluding carboxylic acids is 1. The van der Waals surface area contributed by atoms with E-state index in [1.165, 1.54) is 28.7 Å². The number of carbonyl (C=O) groups is 1. The molecule has 4 rings (SSSR count). The molecule has 0 atom stereocenters. The van der Waals surface area contributed by atoms with Crippen molar-refractivity contribution in [2.45, 2.75) is 4.90 Å². The summed E-state index contributed by atoms with van der Waals surface area (Å²) in [4.78, 5) is 12.7. The Labute approximate surface area is 219 Å². The highest BCUT2D eigenvalue weighted by Gasteiger charge is 2.26. The maximum atomic E-state index is 12.9. The monoisotopic (exact) mass is 538 g/mol. The van der Waals surface area contributed by atoms with Crippen molar-refractivity contribution in [1.29, 1.82) is 5.26 Å². The average Bonchev–Trinajstić information content (AvgIpc) is 2.92. The van der Waals surface area contributed by atoms with Gasteiger partial charge < -0.3 is 20.1 Å². The maximum absolute atomic E-state index is 12.9. The highest BCUT2D eigenvalue weighted by atomic mass is 35.5. The number of nitriles is 1. The standard InChI is InChI=1S/C26H23ClN4O5S/c27-24-11-10-23(37(33,34)31-12-14-35-15-13-31)16-25(24)29-18-19(17-28)26(32)30-20-6-8-22(9-7-20)36-21-4-2-1-3-5-21/h1-11,16,18,29H,12-15H2,(H,30,32)/b19-18-. The number of para-hydroxylation sites is 1. The second-order valence-corrected chi connectivity index (χ2v) is 10.2. The third-order valence-electron chi connectivity index (χ3n) is 5.37. The first-order valence-corrected chi connectivity index (χ1v) is 13.1. The number of ether oxygens (including phenoxy) is 2. The van der Waals surface area contributed by atoms with E-state index in [1.807, 2.05) is 36.4 Å². The molecule has 0 radical (unpaired) electrons. The molecule has 1 fully saturated rings. The summed E-state index contributed by atoms with van der Waals surface area (Å²) in [6.07, 6.45) is 1.18. The topological polar surface area (TPSA) is 121 Å². The van der Waals surface area contributed by atoms with Crippen LogP contribution in [0.5, 0.6) is 11.5 Å². The Balaban J connectivity index is 1.43. The van der Waals surface area contributed by atoms with E-state index in [1.54, 1.807) is 24.3 Å². The van der Waals surface area contributed by atoms with E-state index in [4.69, 9.17) is 21.1 Å². The summed E-state index contributed by atoms with van der Waals surface area (Å²) in [5.41, 5.74) is 0.462. The SMILES string of the molecule is N#C/C(=C/Nc1cc(S(=O)(=O)N2CCOCC2)ccc1Cl)C(=O)Nc1ccc(Oc2ccccc2)cc1. The number of halogens is 1. The number of rotatable bonds is 8. The lowest BCUT2D eigenvalue weighted by Gasteiger charge is -2.26. The van der Waals surface area contributed by atoms with Gasteiger partial charge in [0.2, 0.25) is 10.0 Å². The third-order valence-corrected chi connectivity index (χ3v) is 7.60. The Morgan fingerprint density at radius 2 is 1.70 bits per heavy atom. The van der Waals surface area contributed by atoms with Gasteiger partial charge in [0, 0.05) is 25.0 Å². The van der Waals surface area contributed by atoms with Gasteiger partial charge in [-0.1, -0.05) is 29.8 Å². The summed E-state index contributed by atoms with van der Waals surface area (Å²) in [5, 5.41) is 15.1. The van der Waals surface area contributed by atoms with Crippen LogP contribution < -0.4 is 15.4 Å². The van der Waals surface area contributed by atoms with Crippen molar-refractivity contribution >= 4 is 38.9 Å². The lowest BCUT2D eigenvalue weighted by atomic mass is 10.2. The minimum absolute atomic E-state index is 0.0375. The lowest BCUT2D eigenvalue weighted by Crippen LogP contribution is -2.40. The molecule has 0 aromatic heterocycles. The second-order valence-electron chi connectivity index (χ2n) is 7.87. The maximum Gasteiger partial charge on any atom is 0.267 e. The predicted molar refractivity (Wildman–Crippen MR) is 140 cm³/mol. The van der Waals surface area contributed by atoms with Gasteiger partial charge in [-0.05, 0) is 54.6 Å². The third kappa shape index (κ3) is 6.67. The first-order chi connectivity index (χ1) is 17.9. The van der Waals surface area contributed by atoms with Crippen LogP contribution in [0, 0.1) is 11.3 Å². The Hall–Kier alpha value is -3.88. The lowest BCUT2D eigenvalue weighted by molar-refractivity contribution is -0.112. The van der Waals surface area contributed by atoms with Crippen LogP contribution in [0.4, 0.5) is 11.4 Å². The highest BCUT2D eigenvalue weighted by Crippen LogP contribution is 2.28. The van der Waals surface area contributed by atoms with Gasteiger partial charge in [0.25, 0.3) is 5.91 Å². The summed E-state index contributed by atoms with van der Waals surface area (Å²) in [5.74, 6) is 0.615. The molecule has 1 aliphatic rings. The van der Waals surface area contributed by atoms with Crippen molar-refractivity contribution in [3.63, 3.8) is 0 Å². The quantitative estimate of drug-likeness (QED) is 0.317. The smallest absolute Gasteiger partial charge is 0.267 e. The highest BCUT2D eigenvalue weighted by molar-refractivity contribution is 7.89. The van der Waals surface area contributed by atoms with Crippen LogP contribution in [0.15, 0.2) is 89.5 Å². The van der Waals surface area contributed by atoms with Crippen molar-refractivity contribution in [1.82, 2.24) is 4.31 Å². The zero-order valence-electron chi connectivity index (χ0n) is 19.6. The molecule has 3 aromatic rings. The molecule has 0 unspecified atom stereocenters. The molecule has 9 nitrogen and oxygen atoms in total. The van der Waals surface area contributed by atoms with E-state index >= 15 is 0 Å². The van der Waals surface area contributed by atoms with Crippen LogP contribution in [-0.4, -0.2) is 44.9 Å². The van der Waals surface area contributed by atoms with E-state index < -0.39 is 15.9 Å². The molecular formula is C26H23ClN4O5S. The molecule has 37 heavy (non-hydrogen) atoms. The van der Waals surface area contributed by atoms with Crippen LogP contribution in [0.25, 0.3) is 0 Å². The summed E-state index contributed by atoms with van der Waals surface area (Å²) in [7, 11) is -3.75. The van der Waals surface area contributed by atoms with E-state index in [0.717, 1.165) is 0 Å². The summed E-state index contributed by atoms with van der Waals surface area (Å²) in [6, 6.07) is 22.0. The molecular weight excluding hydrogens is 516 g/mol. The van der Waals surface area contributed by atoms with Gasteiger partial charge in [0.15, 0.2) is 0 Å². The van der Waals surface area contributed by atoms with Crippen molar-refractivity contribution in [2.75, 3.05) is 36.9 Å². The van der Waals surface area contributed by atoms with Gasteiger partial charge in [-0.2, -0.15) is 9.57 Å². The molecule has 2 N–H and O–H groups in total. The minimum Gasteiger partial charge on any atom is -0.457 e. The number of hydrogen-bond acceptors (Lipinski definition) is 7. The van der Waals surface area contributed by atoms with Crippen LogP contribution in [-0.2, 0) is 19.6 Å². The molecule has 0 aliphatic carbocycles. The van der Waals surface area contributed by atoms with E-state index in [2.05, 4.69) is 10.6 Å². The number of hydrogen-bond donors (Lipinski definition) is 2. The van der Waals surface area contributed by atoms with Crippen molar-refractivity contribution in [3.8, 4) is 17.6 Å². The Morgan fingerprint density at radius 1 is 1.03 bits per heavy atom. The molecule has 1 aliphatic heterocycles. The van der Waals surface area contributed by atoms with Gasteiger partial charge >= 0.3 is 0 Å². The van der Waals surface area contributed by atoms with Gasteiger partial charge in [0.1, 0.15) is 23.1 Å². The minimum atomic E-state index is -3.75. The number of benzene rings is 3. The zero-order valence-corrected chi connectivity index (χ0v) is 21.1. The molecule has 1 amide bonds. The zero-order chi connectivity index (χ0) is 26.3. The van der Waals surface area contributed by atoms with Gasteiger partial charge in [-0.15, -0.1) is 0 Å². The van der Waals surface area contributed by atoms with E-state index in [9.17, 15) is 18.5 Å². The first-order valence-electron chi connectivity index (χ1n) is 11.3. The molecule has 0 bridgehead atoms. The van der Waals surface area contributed by atoms with Gasteiger partial charge in [-0.25, -0.2) is 8.42 Å². The molecule has 1 heterocycles. The molecule has 11 heteroatoms. The van der Waals surface area contributed by atoms with Crippen LogP contribution >= 0.6 is 11.6 Å². The summed E-state index contributed by atoms with van der Waals surface area (Å²) >= 11 is 6.23. The van der Waals surface area contributed by atoms with Gasteiger partial charge in [-0.3, -0.25) is 4.79 Å². The van der Waals surface area contributed by atoms with Crippen molar-refractivity contribution in [2.24, 2.45) is 0 Å². The molecule has 1 saturated heterocycles. The number of anilines is 2. The number of morpholine rings is 1. The summed E-state index contributed by atoms with van der Waals surface area (Å²) < 4.78 is 38.2. The fourth-order valence-corrected chi connectivity index (χ4v) is 5.05. The molecule has 3 aromatic carbocycles.